The Morgan fingerprint density at radius 1 is 1.33 bits per heavy atom. The molecule has 21 heavy (non-hydrogen) atoms. The van der Waals surface area contributed by atoms with Gasteiger partial charge in [-0.25, -0.2) is 0 Å². The predicted octanol–water partition coefficient (Wildman–Crippen LogP) is 4.84. The molecule has 110 valence electrons. The lowest BCUT2D eigenvalue weighted by Gasteiger charge is -2.09. The Hall–Kier alpha value is -1.17. The summed E-state index contributed by atoms with van der Waals surface area (Å²) < 4.78 is 6.27. The Labute approximate surface area is 141 Å². The molecule has 0 aliphatic heterocycles. The molecule has 0 bridgehead atoms. The van der Waals surface area contributed by atoms with E-state index in [2.05, 4.69) is 21.2 Å². The van der Waals surface area contributed by atoms with Crippen molar-refractivity contribution in [3.8, 4) is 5.75 Å². The average Bonchev–Trinajstić information content (AvgIpc) is 2.46. The van der Waals surface area contributed by atoms with Crippen LogP contribution in [-0.4, -0.2) is 18.8 Å². The van der Waals surface area contributed by atoms with Crippen LogP contribution >= 0.6 is 39.3 Å². The zero-order valence-corrected chi connectivity index (χ0v) is 14.4. The number of hydrogen-bond acceptors (Lipinski definition) is 3. The molecule has 0 heterocycles. The van der Waals surface area contributed by atoms with E-state index >= 15 is 0 Å². The van der Waals surface area contributed by atoms with Crippen LogP contribution in [0.5, 0.6) is 5.75 Å². The van der Waals surface area contributed by atoms with Gasteiger partial charge in [-0.15, -0.1) is 11.8 Å². The maximum Gasteiger partial charge on any atom is 0.262 e. The van der Waals surface area contributed by atoms with Crippen molar-refractivity contribution in [2.45, 2.75) is 4.90 Å². The second-order valence-corrected chi connectivity index (χ2v) is 6.35. The highest BCUT2D eigenvalue weighted by atomic mass is 79.9. The van der Waals surface area contributed by atoms with Gasteiger partial charge in [0.1, 0.15) is 5.75 Å². The summed E-state index contributed by atoms with van der Waals surface area (Å²) in [6.07, 6.45) is 1.99. The van der Waals surface area contributed by atoms with E-state index in [-0.39, 0.29) is 12.5 Å². The van der Waals surface area contributed by atoms with Crippen molar-refractivity contribution in [3.63, 3.8) is 0 Å². The van der Waals surface area contributed by atoms with Gasteiger partial charge in [-0.3, -0.25) is 4.79 Å². The first kappa shape index (κ1) is 16.2. The van der Waals surface area contributed by atoms with Crippen LogP contribution in [0.1, 0.15) is 0 Å². The molecule has 0 fully saturated rings. The number of carbonyl (C=O) groups excluding carboxylic acids is 1. The molecule has 2 rings (SSSR count). The average molecular weight is 387 g/mol. The molecule has 0 atom stereocenters. The van der Waals surface area contributed by atoms with Crippen LogP contribution in [0.25, 0.3) is 0 Å². The van der Waals surface area contributed by atoms with Crippen molar-refractivity contribution < 1.29 is 9.53 Å². The summed E-state index contributed by atoms with van der Waals surface area (Å²) in [5.74, 6) is 0.250. The van der Waals surface area contributed by atoms with Crippen molar-refractivity contribution in [2.24, 2.45) is 0 Å². The lowest BCUT2D eigenvalue weighted by atomic mass is 10.3. The maximum atomic E-state index is 11.9. The van der Waals surface area contributed by atoms with Gasteiger partial charge >= 0.3 is 0 Å². The van der Waals surface area contributed by atoms with E-state index in [0.717, 1.165) is 15.1 Å². The number of ether oxygens (including phenoxy) is 1. The zero-order chi connectivity index (χ0) is 15.2. The molecule has 2 aromatic rings. The van der Waals surface area contributed by atoms with Crippen LogP contribution in [0, 0.1) is 0 Å². The summed E-state index contributed by atoms with van der Waals surface area (Å²) in [5, 5.41) is 3.25. The highest BCUT2D eigenvalue weighted by Gasteiger charge is 2.07. The first-order chi connectivity index (χ1) is 10.1. The standard InChI is InChI=1S/C15H13BrClNO2S/c1-21-12-4-2-3-11(8-12)18-15(19)9-20-14-6-5-10(16)7-13(14)17/h2-8H,9H2,1H3,(H,18,19). The Balaban J connectivity index is 1.92. The minimum atomic E-state index is -0.229. The smallest absolute Gasteiger partial charge is 0.262 e. The second kappa shape index (κ2) is 7.73. The first-order valence-corrected chi connectivity index (χ1v) is 8.50. The second-order valence-electron chi connectivity index (χ2n) is 4.14. The number of amides is 1. The van der Waals surface area contributed by atoms with Gasteiger partial charge in [0, 0.05) is 15.1 Å². The fraction of sp³-hybridized carbons (Fsp3) is 0.133. The number of rotatable bonds is 5. The third-order valence-electron chi connectivity index (χ3n) is 2.61. The lowest BCUT2D eigenvalue weighted by Crippen LogP contribution is -2.20. The van der Waals surface area contributed by atoms with Crippen molar-refractivity contribution in [3.05, 3.63) is 52.0 Å². The highest BCUT2D eigenvalue weighted by molar-refractivity contribution is 9.10. The van der Waals surface area contributed by atoms with Crippen molar-refractivity contribution in [1.82, 2.24) is 0 Å². The number of carbonyl (C=O) groups is 1. The summed E-state index contributed by atoms with van der Waals surface area (Å²) in [4.78, 5) is 13.0. The number of halogens is 2. The summed E-state index contributed by atoms with van der Waals surface area (Å²) in [6.45, 7) is -0.0924. The number of benzene rings is 2. The number of thioether (sulfide) groups is 1. The Kier molecular flexibility index (Phi) is 5.96. The largest absolute Gasteiger partial charge is 0.482 e. The molecule has 0 saturated carbocycles. The maximum absolute atomic E-state index is 11.9. The quantitative estimate of drug-likeness (QED) is 0.747. The molecule has 0 radical (unpaired) electrons. The molecule has 1 amide bonds. The van der Waals surface area contributed by atoms with Crippen LogP contribution in [-0.2, 0) is 4.79 Å². The normalized spacial score (nSPS) is 10.2. The molecule has 0 unspecified atom stereocenters. The Bertz CT molecular complexity index is 651. The number of anilines is 1. The van der Waals surface area contributed by atoms with Gasteiger partial charge < -0.3 is 10.1 Å². The minimum Gasteiger partial charge on any atom is -0.482 e. The van der Waals surface area contributed by atoms with Gasteiger partial charge in [-0.05, 0) is 42.7 Å². The van der Waals surface area contributed by atoms with Crippen molar-refractivity contribution >= 4 is 50.9 Å². The molecule has 0 aromatic heterocycles. The van der Waals surface area contributed by atoms with Crippen LogP contribution in [0.2, 0.25) is 5.02 Å². The summed E-state index contributed by atoms with van der Waals surface area (Å²) in [5.41, 5.74) is 0.748. The van der Waals surface area contributed by atoms with E-state index in [9.17, 15) is 4.79 Å². The fourth-order valence-corrected chi connectivity index (χ4v) is 2.82. The molecule has 6 heteroatoms. The molecular formula is C15H13BrClNO2S. The minimum absolute atomic E-state index is 0.0924. The third-order valence-corrected chi connectivity index (χ3v) is 4.12. The Morgan fingerprint density at radius 3 is 2.86 bits per heavy atom. The molecule has 0 spiro atoms. The van der Waals surface area contributed by atoms with E-state index in [1.165, 1.54) is 0 Å². The van der Waals surface area contributed by atoms with Gasteiger partial charge in [0.2, 0.25) is 0 Å². The molecule has 0 saturated heterocycles. The zero-order valence-electron chi connectivity index (χ0n) is 11.2. The van der Waals surface area contributed by atoms with Gasteiger partial charge in [0.15, 0.2) is 6.61 Å². The Morgan fingerprint density at radius 2 is 2.14 bits per heavy atom. The van der Waals surface area contributed by atoms with Crippen LogP contribution in [0.3, 0.4) is 0 Å². The van der Waals surface area contributed by atoms with E-state index in [4.69, 9.17) is 16.3 Å². The summed E-state index contributed by atoms with van der Waals surface area (Å²) in [7, 11) is 0. The fourth-order valence-electron chi connectivity index (χ4n) is 1.63. The van der Waals surface area contributed by atoms with Gasteiger partial charge in [-0.1, -0.05) is 33.6 Å². The van der Waals surface area contributed by atoms with E-state index < -0.39 is 0 Å². The predicted molar refractivity (Wildman–Crippen MR) is 91.5 cm³/mol. The topological polar surface area (TPSA) is 38.3 Å². The third kappa shape index (κ3) is 4.95. The SMILES string of the molecule is CSc1cccc(NC(=O)COc2ccc(Br)cc2Cl)c1. The summed E-state index contributed by atoms with van der Waals surface area (Å²) >= 11 is 11.0. The molecule has 1 N–H and O–H groups in total. The van der Waals surface area contributed by atoms with Crippen molar-refractivity contribution in [2.75, 3.05) is 18.2 Å². The van der Waals surface area contributed by atoms with Crippen molar-refractivity contribution in [1.29, 1.82) is 0 Å². The van der Waals surface area contributed by atoms with Crippen LogP contribution in [0.15, 0.2) is 51.8 Å². The van der Waals surface area contributed by atoms with E-state index in [1.807, 2.05) is 30.5 Å². The van der Waals surface area contributed by atoms with Gasteiger partial charge in [-0.2, -0.15) is 0 Å². The van der Waals surface area contributed by atoms with Crippen LogP contribution in [0.4, 0.5) is 5.69 Å². The van der Waals surface area contributed by atoms with Gasteiger partial charge in [0.05, 0.1) is 5.02 Å². The molecule has 2 aromatic carbocycles. The number of nitrogens with one attached hydrogen (secondary N) is 1. The van der Waals surface area contributed by atoms with E-state index in [1.54, 1.807) is 30.0 Å². The molecule has 0 aliphatic rings. The van der Waals surface area contributed by atoms with Crippen LogP contribution < -0.4 is 10.1 Å². The highest BCUT2D eigenvalue weighted by Crippen LogP contribution is 2.27. The first-order valence-electron chi connectivity index (χ1n) is 6.10. The van der Waals surface area contributed by atoms with E-state index in [0.29, 0.717) is 10.8 Å². The summed E-state index contributed by atoms with van der Waals surface area (Å²) in [6, 6.07) is 12.9. The number of hydrogen-bond donors (Lipinski definition) is 1. The molecular weight excluding hydrogens is 374 g/mol. The molecule has 0 aliphatic carbocycles. The lowest BCUT2D eigenvalue weighted by molar-refractivity contribution is -0.118. The molecule has 3 nitrogen and oxygen atoms in total. The monoisotopic (exact) mass is 385 g/mol. The van der Waals surface area contributed by atoms with Gasteiger partial charge in [0.25, 0.3) is 5.91 Å².